The van der Waals surface area contributed by atoms with Gasteiger partial charge in [0.25, 0.3) is 0 Å². The molecule has 1 aromatic rings. The second-order valence-corrected chi connectivity index (χ2v) is 1.77. The van der Waals surface area contributed by atoms with E-state index in [1.165, 1.54) is 0 Å². The van der Waals surface area contributed by atoms with E-state index in [9.17, 15) is 9.90 Å². The number of phenolic OH excluding ortho intramolecular Hbond substituents is 1. The number of benzene rings is 1. The average Bonchev–Trinajstić information content (AvgIpc) is 2.17. The summed E-state index contributed by atoms with van der Waals surface area (Å²) in [7, 11) is -2.86. The maximum absolute atomic E-state index is 10.5. The van der Waals surface area contributed by atoms with Gasteiger partial charge >= 0.3 is 0 Å². The third-order valence-electron chi connectivity index (χ3n) is 1.07. The highest BCUT2D eigenvalue weighted by Crippen LogP contribution is 2.25. The van der Waals surface area contributed by atoms with Crippen LogP contribution in [0.2, 0.25) is 0 Å². The summed E-state index contributed by atoms with van der Waals surface area (Å²) in [5.74, 6) is -1.46. The van der Waals surface area contributed by atoms with Crippen molar-refractivity contribution in [1.29, 1.82) is 0 Å². The number of carbonyl (C=O) groups excluding carboxylic acids is 1. The summed E-state index contributed by atoms with van der Waals surface area (Å²) in [6.07, 6.45) is 0.284. The van der Waals surface area contributed by atoms with E-state index in [2.05, 4.69) is 4.74 Å². The molecule has 3 nitrogen and oxygen atoms in total. The maximum Gasteiger partial charge on any atom is 0.161 e. The Bertz CT molecular complexity index is 427. The first-order valence-electron chi connectivity index (χ1n) is 5.23. The molecule has 58 valence electrons. The van der Waals surface area contributed by atoms with Crippen LogP contribution in [0.15, 0.2) is 18.2 Å². The molecule has 0 aliphatic heterocycles. The van der Waals surface area contributed by atoms with Gasteiger partial charge in [-0.25, -0.2) is 0 Å². The molecule has 0 fully saturated rings. The molecule has 3 heteroatoms. The number of rotatable bonds is 2. The first-order chi connectivity index (χ1) is 7.26. The third kappa shape index (κ3) is 1.49. The van der Waals surface area contributed by atoms with Gasteiger partial charge in [0, 0.05) is 5.56 Å². The van der Waals surface area contributed by atoms with Crippen LogP contribution in [-0.2, 0) is 0 Å². The molecule has 0 atom stereocenters. The molecule has 0 heterocycles. The Hall–Kier alpha value is -1.51. The minimum atomic E-state index is -2.86. The molecule has 11 heavy (non-hydrogen) atoms. The van der Waals surface area contributed by atoms with Crippen molar-refractivity contribution in [3.05, 3.63) is 23.7 Å². The number of aromatic hydroxyl groups is 1. The van der Waals surface area contributed by atoms with E-state index in [1.807, 2.05) is 0 Å². The second-order valence-electron chi connectivity index (χ2n) is 1.77. The van der Waals surface area contributed by atoms with Gasteiger partial charge in [-0.15, -0.1) is 0 Å². The molecule has 0 unspecified atom stereocenters. The van der Waals surface area contributed by atoms with E-state index in [4.69, 9.17) is 6.85 Å². The largest absolute Gasteiger partial charge is 0.504 e. The van der Waals surface area contributed by atoms with Gasteiger partial charge in [0.15, 0.2) is 11.5 Å². The number of ether oxygens (including phenoxy) is 1. The fraction of sp³-hybridized carbons (Fsp3) is 0.125. The molecule has 0 aliphatic carbocycles. The van der Waals surface area contributed by atoms with Crippen LogP contribution in [0, 0.1) is 0 Å². The van der Waals surface area contributed by atoms with Crippen LogP contribution in [0.1, 0.15) is 17.2 Å². The van der Waals surface area contributed by atoms with E-state index in [0.29, 0.717) is 0 Å². The smallest absolute Gasteiger partial charge is 0.161 e. The van der Waals surface area contributed by atoms with Crippen molar-refractivity contribution >= 4 is 6.29 Å². The highest BCUT2D eigenvalue weighted by Gasteiger charge is 2.00. The molecule has 0 spiro atoms. The standard InChI is InChI=1S/C8H8O3/c1-11-8-4-6(5-9)2-3-7(8)10/h2-5,10H,1H3/i1D3,3D,4D. The molecule has 0 saturated carbocycles. The van der Waals surface area contributed by atoms with Crippen molar-refractivity contribution in [3.63, 3.8) is 0 Å². The van der Waals surface area contributed by atoms with Gasteiger partial charge in [-0.05, 0) is 18.2 Å². The lowest BCUT2D eigenvalue weighted by atomic mass is 10.2. The van der Waals surface area contributed by atoms with Crippen LogP contribution < -0.4 is 4.74 Å². The predicted molar refractivity (Wildman–Crippen MR) is 40.0 cm³/mol. The SMILES string of the molecule is [2H]c1cc(C=O)c([2H])c(OC([2H])([2H])[2H])c1O. The summed E-state index contributed by atoms with van der Waals surface area (Å²) >= 11 is 0. The van der Waals surface area contributed by atoms with Gasteiger partial charge in [-0.2, -0.15) is 0 Å². The van der Waals surface area contributed by atoms with Crippen molar-refractivity contribution in [2.24, 2.45) is 0 Å². The minimum Gasteiger partial charge on any atom is -0.504 e. The van der Waals surface area contributed by atoms with Gasteiger partial charge in [0.05, 0.1) is 13.9 Å². The first kappa shape index (κ1) is 3.26. The molecular weight excluding hydrogens is 144 g/mol. The average molecular weight is 157 g/mol. The summed E-state index contributed by atoms with van der Waals surface area (Å²) < 4.78 is 39.5. The predicted octanol–water partition coefficient (Wildman–Crippen LogP) is 1.21. The van der Waals surface area contributed by atoms with Crippen molar-refractivity contribution in [2.45, 2.75) is 0 Å². The zero-order valence-corrected chi connectivity index (χ0v) is 5.42. The number of methoxy groups -OCH3 is 1. The molecule has 0 saturated heterocycles. The number of hydrogen-bond acceptors (Lipinski definition) is 3. The third-order valence-corrected chi connectivity index (χ3v) is 1.07. The number of hydrogen-bond donors (Lipinski definition) is 1. The van der Waals surface area contributed by atoms with Crippen LogP contribution in [0.25, 0.3) is 0 Å². The van der Waals surface area contributed by atoms with Crippen LogP contribution in [0.3, 0.4) is 0 Å². The van der Waals surface area contributed by atoms with Crippen LogP contribution >= 0.6 is 0 Å². The van der Waals surface area contributed by atoms with E-state index in [0.717, 1.165) is 6.07 Å². The Kier molecular flexibility index (Phi) is 0.904. The zero-order chi connectivity index (χ0) is 12.5. The van der Waals surface area contributed by atoms with Crippen molar-refractivity contribution < 1.29 is 21.5 Å². The van der Waals surface area contributed by atoms with Gasteiger partial charge in [-0.1, -0.05) is 0 Å². The molecule has 0 amide bonds. The summed E-state index contributed by atoms with van der Waals surface area (Å²) in [4.78, 5) is 10.5. The Labute approximate surface area is 71.3 Å². The second kappa shape index (κ2) is 3.05. The van der Waals surface area contributed by atoms with E-state index >= 15 is 0 Å². The summed E-state index contributed by atoms with van der Waals surface area (Å²) in [6, 6.07) is -0.0752. The van der Waals surface area contributed by atoms with Gasteiger partial charge < -0.3 is 9.84 Å². The monoisotopic (exact) mass is 157 g/mol. The van der Waals surface area contributed by atoms with Gasteiger partial charge in [-0.3, -0.25) is 4.79 Å². The van der Waals surface area contributed by atoms with Crippen LogP contribution in [-0.4, -0.2) is 18.4 Å². The number of carbonyl (C=O) groups is 1. The van der Waals surface area contributed by atoms with Gasteiger partial charge in [0.1, 0.15) is 6.29 Å². The van der Waals surface area contributed by atoms with E-state index in [-0.39, 0.29) is 11.8 Å². The lowest BCUT2D eigenvalue weighted by molar-refractivity contribution is 0.112. The van der Waals surface area contributed by atoms with Crippen LogP contribution in [0.4, 0.5) is 0 Å². The summed E-state index contributed by atoms with van der Waals surface area (Å²) in [5.41, 5.74) is -0.220. The van der Waals surface area contributed by atoms with E-state index in [1.54, 1.807) is 0 Å². The molecule has 0 radical (unpaired) electrons. The molecule has 0 aliphatic rings. The Balaban J connectivity index is 3.36. The van der Waals surface area contributed by atoms with Crippen molar-refractivity contribution in [2.75, 3.05) is 7.04 Å². The van der Waals surface area contributed by atoms with E-state index < -0.39 is 30.6 Å². The van der Waals surface area contributed by atoms with Gasteiger partial charge in [0.2, 0.25) is 0 Å². The molecular formula is C8H8O3. The van der Waals surface area contributed by atoms with Crippen LogP contribution in [0.5, 0.6) is 11.5 Å². The lowest BCUT2D eigenvalue weighted by Crippen LogP contribution is -1.85. The number of aldehydes is 1. The fourth-order valence-electron chi connectivity index (χ4n) is 0.575. The highest BCUT2D eigenvalue weighted by atomic mass is 16.5. The fourth-order valence-corrected chi connectivity index (χ4v) is 0.575. The highest BCUT2D eigenvalue weighted by molar-refractivity contribution is 5.76. The molecule has 1 aromatic carbocycles. The quantitative estimate of drug-likeness (QED) is 0.656. The molecule has 0 aromatic heterocycles. The topological polar surface area (TPSA) is 46.5 Å². The normalized spacial score (nSPS) is 16.9. The summed E-state index contributed by atoms with van der Waals surface area (Å²) in [5, 5.41) is 9.36. The lowest BCUT2D eigenvalue weighted by Gasteiger charge is -2.01. The summed E-state index contributed by atoms with van der Waals surface area (Å²) in [6.45, 7) is 0. The van der Waals surface area contributed by atoms with Crippen molar-refractivity contribution in [3.8, 4) is 11.5 Å². The zero-order valence-electron chi connectivity index (χ0n) is 10.4. The molecule has 1 N–H and O–H groups in total. The molecule has 1 rings (SSSR count). The minimum absolute atomic E-state index is 0.220. The maximum atomic E-state index is 10.5. The Morgan fingerprint density at radius 2 is 2.73 bits per heavy atom. The molecule has 0 bridgehead atoms. The first-order valence-corrected chi connectivity index (χ1v) is 2.73. The Morgan fingerprint density at radius 3 is 3.36 bits per heavy atom. The van der Waals surface area contributed by atoms with Crippen molar-refractivity contribution in [1.82, 2.24) is 0 Å². The Morgan fingerprint density at radius 1 is 1.91 bits per heavy atom. The number of phenols is 1.